The van der Waals surface area contributed by atoms with E-state index in [-0.39, 0.29) is 29.4 Å². The van der Waals surface area contributed by atoms with Crippen molar-refractivity contribution >= 4 is 17.3 Å². The van der Waals surface area contributed by atoms with Crippen molar-refractivity contribution in [2.45, 2.75) is 13.5 Å². The Morgan fingerprint density at radius 1 is 1.52 bits per heavy atom. The van der Waals surface area contributed by atoms with E-state index in [4.69, 9.17) is 10.4 Å². The van der Waals surface area contributed by atoms with Crippen molar-refractivity contribution < 1.29 is 14.2 Å². The van der Waals surface area contributed by atoms with Crippen molar-refractivity contribution in [2.75, 3.05) is 5.43 Å². The molecule has 21 heavy (non-hydrogen) atoms. The van der Waals surface area contributed by atoms with Crippen molar-refractivity contribution in [1.82, 2.24) is 15.5 Å². The van der Waals surface area contributed by atoms with E-state index in [1.807, 2.05) is 0 Å². The molecule has 0 aliphatic carbocycles. The van der Waals surface area contributed by atoms with Gasteiger partial charge in [-0.25, -0.2) is 0 Å². The number of anilines is 1. The van der Waals surface area contributed by atoms with Gasteiger partial charge in [-0.3, -0.25) is 20.8 Å². The monoisotopic (exact) mass is 292 g/mol. The Morgan fingerprint density at radius 3 is 2.86 bits per heavy atom. The normalized spacial score (nSPS) is 10.2. The van der Waals surface area contributed by atoms with Crippen LogP contribution < -0.4 is 16.6 Å². The van der Waals surface area contributed by atoms with Crippen LogP contribution in [0.15, 0.2) is 22.7 Å². The molecule has 10 nitrogen and oxygen atoms in total. The zero-order valence-corrected chi connectivity index (χ0v) is 11.0. The van der Waals surface area contributed by atoms with Crippen LogP contribution in [0, 0.1) is 17.0 Å². The molecule has 0 atom stereocenters. The van der Waals surface area contributed by atoms with Crippen molar-refractivity contribution in [3.05, 3.63) is 45.6 Å². The molecule has 0 aliphatic heterocycles. The minimum atomic E-state index is -0.632. The second kappa shape index (κ2) is 5.96. The third kappa shape index (κ3) is 3.30. The van der Waals surface area contributed by atoms with Crippen LogP contribution in [0.3, 0.4) is 0 Å². The number of nitro benzene ring substituents is 1. The Bertz CT molecular complexity index is 683. The third-order valence-electron chi connectivity index (χ3n) is 2.58. The van der Waals surface area contributed by atoms with Gasteiger partial charge in [-0.1, -0.05) is 5.16 Å². The molecule has 1 aromatic carbocycles. The van der Waals surface area contributed by atoms with Crippen LogP contribution in [-0.2, 0) is 6.54 Å². The molecule has 0 fully saturated rings. The van der Waals surface area contributed by atoms with E-state index in [0.29, 0.717) is 5.82 Å². The van der Waals surface area contributed by atoms with Gasteiger partial charge in [-0.15, -0.1) is 0 Å². The first-order valence-corrected chi connectivity index (χ1v) is 5.83. The second-order valence-electron chi connectivity index (χ2n) is 4.05. The van der Waals surface area contributed by atoms with E-state index >= 15 is 0 Å². The number of aryl methyl sites for hydroxylation is 1. The number of nitrogens with one attached hydrogen (secondary N) is 2. The maximum Gasteiger partial charge on any atom is 0.294 e. The van der Waals surface area contributed by atoms with Crippen LogP contribution in [0.1, 0.15) is 22.1 Å². The van der Waals surface area contributed by atoms with Crippen LogP contribution in [0.5, 0.6) is 0 Å². The number of nitrogens with two attached hydrogens (primary N) is 1. The Kier molecular flexibility index (Phi) is 4.09. The van der Waals surface area contributed by atoms with E-state index in [1.165, 1.54) is 12.1 Å². The van der Waals surface area contributed by atoms with Gasteiger partial charge < -0.3 is 15.3 Å². The predicted octanol–water partition coefficient (Wildman–Crippen LogP) is 0.502. The molecule has 4 N–H and O–H groups in total. The number of hydrogen-bond donors (Lipinski definition) is 3. The summed E-state index contributed by atoms with van der Waals surface area (Å²) >= 11 is 0. The van der Waals surface area contributed by atoms with Crippen molar-refractivity contribution in [3.8, 4) is 0 Å². The average Bonchev–Trinajstić information content (AvgIpc) is 2.89. The molecule has 2 aromatic rings. The molecule has 110 valence electrons. The predicted molar refractivity (Wildman–Crippen MR) is 71.1 cm³/mol. The zero-order chi connectivity index (χ0) is 15.4. The number of aromatic nitrogens is 2. The largest absolute Gasteiger partial charge is 0.343 e. The molecule has 0 saturated carbocycles. The molecule has 0 bridgehead atoms. The third-order valence-corrected chi connectivity index (χ3v) is 2.58. The Labute approximate surface area is 118 Å². The first-order chi connectivity index (χ1) is 10.0. The summed E-state index contributed by atoms with van der Waals surface area (Å²) in [6.07, 6.45) is 0. The summed E-state index contributed by atoms with van der Waals surface area (Å²) in [6, 6.07) is 3.89. The quantitative estimate of drug-likeness (QED) is 0.409. The molecule has 2 rings (SSSR count). The summed E-state index contributed by atoms with van der Waals surface area (Å²) in [5.41, 5.74) is 2.14. The minimum Gasteiger partial charge on any atom is -0.343 e. The first-order valence-electron chi connectivity index (χ1n) is 5.83. The standard InChI is InChI=1S/C11H12N6O4/c1-6-14-10(21-16-6)5-13-11(18)7-2-3-8(15-12)9(4-7)17(19)20/h2-4,15H,5,12H2,1H3,(H,13,18). The maximum atomic E-state index is 11.9. The number of hydrogen-bond acceptors (Lipinski definition) is 8. The number of nitro groups is 1. The molecule has 0 spiro atoms. The summed E-state index contributed by atoms with van der Waals surface area (Å²) in [7, 11) is 0. The average molecular weight is 292 g/mol. The molecule has 1 aromatic heterocycles. The first kappa shape index (κ1) is 14.4. The number of nitrogens with zero attached hydrogens (tertiary/aromatic N) is 3. The van der Waals surface area contributed by atoms with Crippen LogP contribution in [-0.4, -0.2) is 21.0 Å². The molecule has 0 saturated heterocycles. The van der Waals surface area contributed by atoms with Gasteiger partial charge >= 0.3 is 0 Å². The lowest BCUT2D eigenvalue weighted by molar-refractivity contribution is -0.384. The van der Waals surface area contributed by atoms with Gasteiger partial charge in [0.15, 0.2) is 5.82 Å². The van der Waals surface area contributed by atoms with E-state index in [0.717, 1.165) is 6.07 Å². The molecule has 0 aliphatic rings. The molecular formula is C11H12N6O4. The van der Waals surface area contributed by atoms with E-state index in [1.54, 1.807) is 6.92 Å². The van der Waals surface area contributed by atoms with Gasteiger partial charge in [0.05, 0.1) is 11.5 Å². The van der Waals surface area contributed by atoms with Gasteiger partial charge in [-0.2, -0.15) is 4.98 Å². The number of rotatable bonds is 5. The smallest absolute Gasteiger partial charge is 0.294 e. The van der Waals surface area contributed by atoms with Crippen LogP contribution >= 0.6 is 0 Å². The SMILES string of the molecule is Cc1noc(CNC(=O)c2ccc(NN)c([N+](=O)[O-])c2)n1. The highest BCUT2D eigenvalue weighted by atomic mass is 16.6. The van der Waals surface area contributed by atoms with E-state index in [2.05, 4.69) is 20.9 Å². The summed E-state index contributed by atoms with van der Waals surface area (Å²) in [6.45, 7) is 1.68. The fourth-order valence-corrected chi connectivity index (χ4v) is 1.62. The van der Waals surface area contributed by atoms with Crippen molar-refractivity contribution in [1.29, 1.82) is 0 Å². The molecule has 1 amide bonds. The topological polar surface area (TPSA) is 149 Å². The Morgan fingerprint density at radius 2 is 2.29 bits per heavy atom. The van der Waals surface area contributed by atoms with E-state index < -0.39 is 10.8 Å². The van der Waals surface area contributed by atoms with Gasteiger partial charge in [0.2, 0.25) is 5.89 Å². The lowest BCUT2D eigenvalue weighted by Gasteiger charge is -2.05. The number of carbonyl (C=O) groups is 1. The number of hydrazine groups is 1. The van der Waals surface area contributed by atoms with Gasteiger partial charge in [0.25, 0.3) is 11.6 Å². The summed E-state index contributed by atoms with van der Waals surface area (Å²) in [5.74, 6) is 5.36. The fourth-order valence-electron chi connectivity index (χ4n) is 1.62. The number of benzene rings is 1. The lowest BCUT2D eigenvalue weighted by atomic mass is 10.1. The van der Waals surface area contributed by atoms with Gasteiger partial charge in [-0.05, 0) is 19.1 Å². The van der Waals surface area contributed by atoms with Gasteiger partial charge in [0, 0.05) is 11.6 Å². The zero-order valence-electron chi connectivity index (χ0n) is 11.0. The van der Waals surface area contributed by atoms with Gasteiger partial charge in [0.1, 0.15) is 5.69 Å². The molecule has 1 heterocycles. The number of nitrogen functional groups attached to an aromatic ring is 1. The maximum absolute atomic E-state index is 11.9. The van der Waals surface area contributed by atoms with Crippen molar-refractivity contribution in [2.24, 2.45) is 5.84 Å². The van der Waals surface area contributed by atoms with Crippen LogP contribution in [0.4, 0.5) is 11.4 Å². The molecule has 0 radical (unpaired) electrons. The van der Waals surface area contributed by atoms with E-state index in [9.17, 15) is 14.9 Å². The van der Waals surface area contributed by atoms with Crippen LogP contribution in [0.2, 0.25) is 0 Å². The molecule has 10 heteroatoms. The molecular weight excluding hydrogens is 280 g/mol. The highest BCUT2D eigenvalue weighted by Crippen LogP contribution is 2.24. The summed E-state index contributed by atoms with van der Waals surface area (Å²) < 4.78 is 4.84. The molecule has 0 unspecified atom stereocenters. The summed E-state index contributed by atoms with van der Waals surface area (Å²) in [4.78, 5) is 26.1. The minimum absolute atomic E-state index is 0.0321. The Balaban J connectivity index is 2.12. The lowest BCUT2D eigenvalue weighted by Crippen LogP contribution is -2.23. The highest BCUT2D eigenvalue weighted by molar-refractivity contribution is 5.95. The second-order valence-corrected chi connectivity index (χ2v) is 4.05. The Hall–Kier alpha value is -3.01. The number of carbonyl (C=O) groups excluding carboxylic acids is 1. The highest BCUT2D eigenvalue weighted by Gasteiger charge is 2.17. The summed E-state index contributed by atoms with van der Waals surface area (Å²) in [5, 5.41) is 17.0. The number of amides is 1. The fraction of sp³-hybridized carbons (Fsp3) is 0.182. The van der Waals surface area contributed by atoms with Crippen LogP contribution in [0.25, 0.3) is 0 Å². The van der Waals surface area contributed by atoms with Crippen molar-refractivity contribution in [3.63, 3.8) is 0 Å².